The van der Waals surface area contributed by atoms with Crippen LogP contribution in [0.3, 0.4) is 0 Å². The van der Waals surface area contributed by atoms with Gasteiger partial charge in [-0.3, -0.25) is 0 Å². The first kappa shape index (κ1) is 23.7. The predicted molar refractivity (Wildman–Crippen MR) is 158 cm³/mol. The van der Waals surface area contributed by atoms with E-state index in [2.05, 4.69) is 48.0 Å². The first-order valence-corrected chi connectivity index (χ1v) is 15.7. The first-order valence-electron chi connectivity index (χ1n) is 11.9. The fourth-order valence-electron chi connectivity index (χ4n) is 5.21. The Morgan fingerprint density at radius 3 is 1.59 bits per heavy atom. The van der Waals surface area contributed by atoms with E-state index in [-0.39, 0.29) is 5.02 Å². The Bertz CT molecular complexity index is 1670. The number of nitrogens with zero attached hydrogens (tertiary/aromatic N) is 3. The zero-order valence-corrected chi connectivity index (χ0v) is 22.5. The van der Waals surface area contributed by atoms with Gasteiger partial charge in [0.2, 0.25) is 0 Å². The van der Waals surface area contributed by atoms with Crippen molar-refractivity contribution in [3.8, 4) is 10.6 Å². The Balaban J connectivity index is 1.87. The molecular weight excluding hydrogens is 517 g/mol. The van der Waals surface area contributed by atoms with E-state index >= 15 is 0 Å². The van der Waals surface area contributed by atoms with Crippen LogP contribution >= 0.6 is 29.5 Å². The van der Waals surface area contributed by atoms with Crippen molar-refractivity contribution in [3.05, 3.63) is 137 Å². The summed E-state index contributed by atoms with van der Waals surface area (Å²) in [7, 11) is 0. The molecule has 0 radical (unpaired) electrons. The van der Waals surface area contributed by atoms with Crippen molar-refractivity contribution in [2.24, 2.45) is 0 Å². The van der Waals surface area contributed by atoms with Crippen LogP contribution in [0.1, 0.15) is 0 Å². The Hall–Kier alpha value is -3.63. The van der Waals surface area contributed by atoms with E-state index in [1.807, 2.05) is 89.4 Å². The Labute approximate surface area is 223 Å². The molecule has 6 rings (SSSR count). The molecule has 37 heavy (non-hydrogen) atoms. The fourth-order valence-corrected chi connectivity index (χ4v) is 12.5. The molecule has 7 heteroatoms. The fraction of sp³-hybridized carbons (Fsp3) is 0.0333. The SMILES string of the molecule is CP(c1ccccc1)(c1ccccc1)(c1ccccc1)c1c(Cl)c(=O)nc2sc(-c3ccccc3)nn12. The van der Waals surface area contributed by atoms with E-state index < -0.39 is 12.2 Å². The number of aromatic nitrogens is 3. The molecule has 4 nitrogen and oxygen atoms in total. The normalized spacial score (nSPS) is 12.8. The third-order valence-electron chi connectivity index (χ3n) is 7.10. The molecule has 6 aromatic rings. The summed E-state index contributed by atoms with van der Waals surface area (Å²) in [5.41, 5.74) is 1.20. The van der Waals surface area contributed by atoms with Crippen LogP contribution in [0.5, 0.6) is 0 Å². The van der Waals surface area contributed by atoms with Crippen LogP contribution in [0.25, 0.3) is 15.5 Å². The van der Waals surface area contributed by atoms with Gasteiger partial charge >= 0.3 is 224 Å². The Morgan fingerprint density at radius 2 is 1.14 bits per heavy atom. The number of benzene rings is 4. The van der Waals surface area contributed by atoms with Gasteiger partial charge in [0.25, 0.3) is 0 Å². The van der Waals surface area contributed by atoms with E-state index in [0.717, 1.165) is 26.5 Å². The van der Waals surface area contributed by atoms with Crippen LogP contribution in [-0.2, 0) is 0 Å². The van der Waals surface area contributed by atoms with Gasteiger partial charge in [0, 0.05) is 0 Å². The van der Waals surface area contributed by atoms with Crippen molar-refractivity contribution >= 4 is 55.9 Å². The molecule has 4 aromatic carbocycles. The van der Waals surface area contributed by atoms with Gasteiger partial charge in [-0.1, -0.05) is 0 Å². The number of hydrogen-bond donors (Lipinski definition) is 0. The predicted octanol–water partition coefficient (Wildman–Crippen LogP) is 5.26. The van der Waals surface area contributed by atoms with Gasteiger partial charge in [-0.25, -0.2) is 0 Å². The summed E-state index contributed by atoms with van der Waals surface area (Å²) in [6.45, 7) is -1.36. The zero-order valence-electron chi connectivity index (χ0n) is 20.0. The molecule has 2 heterocycles. The van der Waals surface area contributed by atoms with Crippen LogP contribution in [0.4, 0.5) is 0 Å². The molecule has 0 saturated carbocycles. The minimum absolute atomic E-state index is 0.0964. The molecule has 0 aliphatic heterocycles. The number of halogens is 1. The second-order valence-corrected chi connectivity index (χ2v) is 15.5. The van der Waals surface area contributed by atoms with Gasteiger partial charge in [-0.15, -0.1) is 0 Å². The van der Waals surface area contributed by atoms with Gasteiger partial charge in [0.05, 0.1) is 0 Å². The van der Waals surface area contributed by atoms with Crippen molar-refractivity contribution in [1.82, 2.24) is 14.6 Å². The molecule has 0 aliphatic carbocycles. The van der Waals surface area contributed by atoms with Gasteiger partial charge in [-0.2, -0.15) is 0 Å². The van der Waals surface area contributed by atoms with Crippen LogP contribution in [-0.4, -0.2) is 21.3 Å². The number of hydrogen-bond acceptors (Lipinski definition) is 4. The summed E-state index contributed by atoms with van der Waals surface area (Å²) in [6.07, 6.45) is 0. The molecule has 2 aromatic heterocycles. The topological polar surface area (TPSA) is 47.3 Å². The summed E-state index contributed by atoms with van der Waals surface area (Å²) in [6, 6.07) is 41.0. The van der Waals surface area contributed by atoms with Crippen molar-refractivity contribution < 1.29 is 0 Å². The van der Waals surface area contributed by atoms with Crippen molar-refractivity contribution in [3.63, 3.8) is 0 Å². The molecule has 0 amide bonds. The van der Waals surface area contributed by atoms with E-state index in [4.69, 9.17) is 16.7 Å². The van der Waals surface area contributed by atoms with Crippen LogP contribution in [0.15, 0.2) is 126 Å². The average molecular weight is 540 g/mol. The minimum atomic E-state index is -3.63. The average Bonchev–Trinajstić information content (AvgIpc) is 3.38. The maximum atomic E-state index is 13.4. The number of fused-ring (bicyclic) bond motifs is 1. The second-order valence-electron chi connectivity index (χ2n) is 9.09. The van der Waals surface area contributed by atoms with Crippen LogP contribution < -0.4 is 26.9 Å². The van der Waals surface area contributed by atoms with Crippen molar-refractivity contribution in [2.45, 2.75) is 0 Å². The molecule has 0 spiro atoms. The van der Waals surface area contributed by atoms with Crippen LogP contribution in [0, 0.1) is 0 Å². The first-order chi connectivity index (χ1) is 18.0. The second kappa shape index (κ2) is 9.04. The maximum absolute atomic E-state index is 13.4. The van der Waals surface area contributed by atoms with E-state index in [9.17, 15) is 4.79 Å². The molecule has 0 bridgehead atoms. The molecule has 0 fully saturated rings. The zero-order chi connectivity index (χ0) is 25.5. The van der Waals surface area contributed by atoms with Crippen molar-refractivity contribution in [2.75, 3.05) is 6.66 Å². The molecular formula is C30H23ClN3OPS. The quantitative estimate of drug-likeness (QED) is 0.281. The van der Waals surface area contributed by atoms with Gasteiger partial charge in [0.1, 0.15) is 0 Å². The summed E-state index contributed by atoms with van der Waals surface area (Å²) >= 11 is 8.44. The molecule has 182 valence electrons. The summed E-state index contributed by atoms with van der Waals surface area (Å²) in [5.74, 6) is 0. The van der Waals surface area contributed by atoms with E-state index in [0.29, 0.717) is 10.4 Å². The molecule has 0 aliphatic rings. The number of rotatable bonds is 5. The summed E-state index contributed by atoms with van der Waals surface area (Å²) in [4.78, 5) is 18.3. The Kier molecular flexibility index (Phi) is 5.80. The van der Waals surface area contributed by atoms with Crippen LogP contribution in [0.2, 0.25) is 5.02 Å². The summed E-state index contributed by atoms with van der Waals surface area (Å²) < 4.78 is 1.82. The Morgan fingerprint density at radius 1 is 0.703 bits per heavy atom. The molecule has 0 unspecified atom stereocenters. The van der Waals surface area contributed by atoms with Gasteiger partial charge in [-0.05, 0) is 0 Å². The van der Waals surface area contributed by atoms with E-state index in [1.165, 1.54) is 11.3 Å². The monoisotopic (exact) mass is 539 g/mol. The molecule has 0 N–H and O–H groups in total. The third-order valence-corrected chi connectivity index (χ3v) is 14.8. The molecule has 0 atom stereocenters. The van der Waals surface area contributed by atoms with Crippen molar-refractivity contribution in [1.29, 1.82) is 0 Å². The summed E-state index contributed by atoms with van der Waals surface area (Å²) in [5, 5.41) is 9.18. The third kappa shape index (κ3) is 3.50. The van der Waals surface area contributed by atoms with Gasteiger partial charge < -0.3 is 0 Å². The molecule has 0 saturated heterocycles. The van der Waals surface area contributed by atoms with Gasteiger partial charge in [0.15, 0.2) is 0 Å². The standard InChI is InChI=1S/C30H23ClN3OPS/c1-36(23-16-8-3-9-17-23,24-18-10-4-11-19-24,25-20-12-5-13-21-25)29-26(31)27(35)32-30-34(29)33-28(37-30)22-14-6-2-7-15-22/h2-21H,1H3. The van der Waals surface area contributed by atoms with E-state index in [1.54, 1.807) is 0 Å².